The van der Waals surface area contributed by atoms with Crippen LogP contribution in [0, 0.1) is 20.8 Å². The number of hydrogen-bond donors (Lipinski definition) is 1. The molecule has 1 rings (SSSR count). The van der Waals surface area contributed by atoms with E-state index < -0.39 is 0 Å². The number of hydrogen-bond acceptors (Lipinski definition) is 1. The summed E-state index contributed by atoms with van der Waals surface area (Å²) >= 11 is 0. The second-order valence-electron chi connectivity index (χ2n) is 3.19. The number of aryl methyl sites for hydroxylation is 3. The van der Waals surface area contributed by atoms with Gasteiger partial charge in [-0.2, -0.15) is 5.54 Å². The zero-order valence-corrected chi connectivity index (χ0v) is 7.74. The fourth-order valence-corrected chi connectivity index (χ4v) is 1.56. The van der Waals surface area contributed by atoms with E-state index in [4.69, 9.17) is 0 Å². The number of rotatable bonds is 2. The zero-order valence-electron chi connectivity index (χ0n) is 7.74. The van der Waals surface area contributed by atoms with Crippen molar-refractivity contribution in [2.45, 2.75) is 27.3 Å². The summed E-state index contributed by atoms with van der Waals surface area (Å²) < 4.78 is 11.9. The lowest BCUT2D eigenvalue weighted by Gasteiger charge is -2.08. The van der Waals surface area contributed by atoms with E-state index >= 15 is 0 Å². The highest BCUT2D eigenvalue weighted by molar-refractivity contribution is 5.37. The topological polar surface area (TPSA) is 12.0 Å². The molecule has 0 aliphatic carbocycles. The summed E-state index contributed by atoms with van der Waals surface area (Å²) in [5.41, 5.74) is 6.27. The van der Waals surface area contributed by atoms with Crippen LogP contribution >= 0.6 is 0 Å². The molecule has 0 aromatic heterocycles. The molecule has 12 heavy (non-hydrogen) atoms. The molecule has 1 aromatic rings. The van der Waals surface area contributed by atoms with Crippen molar-refractivity contribution in [3.05, 3.63) is 34.4 Å². The van der Waals surface area contributed by atoms with E-state index in [2.05, 4.69) is 12.1 Å². The highest BCUT2D eigenvalue weighted by Gasteiger charge is 2.02. The van der Waals surface area contributed by atoms with Gasteiger partial charge in [-0.25, -0.2) is 0 Å². The van der Waals surface area contributed by atoms with Crippen LogP contribution in [0.25, 0.3) is 0 Å². The number of nitrogens with one attached hydrogen (secondary N) is 1. The summed E-state index contributed by atoms with van der Waals surface area (Å²) in [7, 11) is 0. The normalized spacial score (nSPS) is 10.3. The van der Waals surface area contributed by atoms with Gasteiger partial charge in [-0.3, -0.25) is 0 Å². The molecular formula is C10H14FN. The zero-order chi connectivity index (χ0) is 9.14. The summed E-state index contributed by atoms with van der Waals surface area (Å²) in [5, 5.41) is 0. The molecule has 66 valence electrons. The largest absolute Gasteiger partial charge is 0.155 e. The molecule has 0 bridgehead atoms. The van der Waals surface area contributed by atoms with Gasteiger partial charge in [0.05, 0.1) is 6.54 Å². The fraction of sp³-hybridized carbons (Fsp3) is 0.400. The maximum Gasteiger partial charge on any atom is 0.0515 e. The van der Waals surface area contributed by atoms with Crippen molar-refractivity contribution in [3.8, 4) is 0 Å². The minimum absolute atomic E-state index is 0.304. The molecule has 0 heterocycles. The summed E-state index contributed by atoms with van der Waals surface area (Å²) in [6, 6.07) is 4.14. The van der Waals surface area contributed by atoms with E-state index in [9.17, 15) is 4.48 Å². The monoisotopic (exact) mass is 167 g/mol. The molecule has 0 spiro atoms. The van der Waals surface area contributed by atoms with Crippen molar-refractivity contribution in [2.75, 3.05) is 0 Å². The smallest absolute Gasteiger partial charge is 0.0515 e. The van der Waals surface area contributed by atoms with Crippen LogP contribution in [-0.4, -0.2) is 0 Å². The van der Waals surface area contributed by atoms with E-state index in [-0.39, 0.29) is 0 Å². The van der Waals surface area contributed by atoms with Gasteiger partial charge in [-0.05, 0) is 37.5 Å². The van der Waals surface area contributed by atoms with Crippen LogP contribution in [0.1, 0.15) is 22.3 Å². The first-order chi connectivity index (χ1) is 5.65. The van der Waals surface area contributed by atoms with Crippen LogP contribution in [-0.2, 0) is 6.54 Å². The van der Waals surface area contributed by atoms with E-state index in [1.165, 1.54) is 5.56 Å². The average molecular weight is 167 g/mol. The first-order valence-corrected chi connectivity index (χ1v) is 4.05. The lowest BCUT2D eigenvalue weighted by molar-refractivity contribution is 0.329. The third-order valence-corrected chi connectivity index (χ3v) is 2.08. The van der Waals surface area contributed by atoms with Gasteiger partial charge >= 0.3 is 0 Å². The SMILES string of the molecule is Cc1cc(C)c(CNF)c(C)c1. The quantitative estimate of drug-likeness (QED) is 0.667. The molecule has 0 amide bonds. The minimum atomic E-state index is 0.304. The van der Waals surface area contributed by atoms with E-state index in [1.54, 1.807) is 5.54 Å². The molecular weight excluding hydrogens is 153 g/mol. The first kappa shape index (κ1) is 9.20. The molecule has 0 atom stereocenters. The highest BCUT2D eigenvalue weighted by Crippen LogP contribution is 2.15. The summed E-state index contributed by atoms with van der Waals surface area (Å²) in [5.74, 6) is 0. The molecule has 0 unspecified atom stereocenters. The Morgan fingerprint density at radius 1 is 1.17 bits per heavy atom. The Morgan fingerprint density at radius 2 is 1.67 bits per heavy atom. The van der Waals surface area contributed by atoms with E-state index in [1.807, 2.05) is 20.8 Å². The van der Waals surface area contributed by atoms with Crippen LogP contribution < -0.4 is 5.54 Å². The Balaban J connectivity index is 3.10. The summed E-state index contributed by atoms with van der Waals surface area (Å²) in [6.45, 7) is 6.37. The molecule has 0 saturated carbocycles. The second-order valence-corrected chi connectivity index (χ2v) is 3.19. The molecule has 1 N–H and O–H groups in total. The Labute approximate surface area is 72.5 Å². The fourth-order valence-electron chi connectivity index (χ4n) is 1.56. The number of benzene rings is 1. The third kappa shape index (κ3) is 1.83. The van der Waals surface area contributed by atoms with Crippen LogP contribution in [0.5, 0.6) is 0 Å². The van der Waals surface area contributed by atoms with Crippen molar-refractivity contribution in [1.82, 2.24) is 5.54 Å². The molecule has 0 radical (unpaired) electrons. The van der Waals surface area contributed by atoms with Gasteiger partial charge < -0.3 is 0 Å². The van der Waals surface area contributed by atoms with Gasteiger partial charge in [-0.15, -0.1) is 4.48 Å². The maximum absolute atomic E-state index is 11.9. The van der Waals surface area contributed by atoms with Crippen LogP contribution in [0.4, 0.5) is 4.48 Å². The van der Waals surface area contributed by atoms with Crippen molar-refractivity contribution in [3.63, 3.8) is 0 Å². The van der Waals surface area contributed by atoms with Gasteiger partial charge in [0.1, 0.15) is 0 Å². The first-order valence-electron chi connectivity index (χ1n) is 4.05. The van der Waals surface area contributed by atoms with E-state index in [0.717, 1.165) is 16.7 Å². The van der Waals surface area contributed by atoms with Crippen LogP contribution in [0.3, 0.4) is 0 Å². The number of halogens is 1. The Kier molecular flexibility index (Phi) is 2.82. The molecule has 1 nitrogen and oxygen atoms in total. The molecule has 2 heteroatoms. The highest BCUT2D eigenvalue weighted by atomic mass is 19.2. The second kappa shape index (κ2) is 3.68. The molecule has 0 saturated heterocycles. The minimum Gasteiger partial charge on any atom is -0.155 e. The van der Waals surface area contributed by atoms with Gasteiger partial charge in [0, 0.05) is 0 Å². The molecule has 0 aliphatic heterocycles. The lowest BCUT2D eigenvalue weighted by Crippen LogP contribution is -2.04. The van der Waals surface area contributed by atoms with Gasteiger partial charge in [-0.1, -0.05) is 17.7 Å². The van der Waals surface area contributed by atoms with Crippen molar-refractivity contribution in [1.29, 1.82) is 0 Å². The maximum atomic E-state index is 11.9. The predicted octanol–water partition coefficient (Wildman–Crippen LogP) is 2.59. The molecule has 0 fully saturated rings. The van der Waals surface area contributed by atoms with Gasteiger partial charge in [0.2, 0.25) is 0 Å². The summed E-state index contributed by atoms with van der Waals surface area (Å²) in [4.78, 5) is 0. The Morgan fingerprint density at radius 3 is 2.08 bits per heavy atom. The van der Waals surface area contributed by atoms with Gasteiger partial charge in [0.25, 0.3) is 0 Å². The van der Waals surface area contributed by atoms with Crippen molar-refractivity contribution < 1.29 is 4.48 Å². The third-order valence-electron chi connectivity index (χ3n) is 2.08. The Bertz CT molecular complexity index is 258. The van der Waals surface area contributed by atoms with Gasteiger partial charge in [0.15, 0.2) is 0 Å². The average Bonchev–Trinajstić information content (AvgIpc) is 1.96. The van der Waals surface area contributed by atoms with E-state index in [0.29, 0.717) is 6.54 Å². The summed E-state index contributed by atoms with van der Waals surface area (Å²) in [6.07, 6.45) is 0. The van der Waals surface area contributed by atoms with Crippen molar-refractivity contribution >= 4 is 0 Å². The lowest BCUT2D eigenvalue weighted by atomic mass is 10.0. The molecule has 1 aromatic carbocycles. The molecule has 0 aliphatic rings. The van der Waals surface area contributed by atoms with Crippen LogP contribution in [0.15, 0.2) is 12.1 Å². The van der Waals surface area contributed by atoms with Crippen LogP contribution in [0.2, 0.25) is 0 Å². The Hall–Kier alpha value is -0.890. The standard InChI is InChI=1S/C10H14FN/c1-7-4-8(2)10(6-12-11)9(3)5-7/h4-5,12H,6H2,1-3H3. The van der Waals surface area contributed by atoms with Crippen molar-refractivity contribution in [2.24, 2.45) is 0 Å². The predicted molar refractivity (Wildman–Crippen MR) is 48.6 cm³/mol.